The summed E-state index contributed by atoms with van der Waals surface area (Å²) in [6.45, 7) is 1.84. The molecule has 5 N–H and O–H groups in total. The van der Waals surface area contributed by atoms with Gasteiger partial charge in [-0.15, -0.1) is 0 Å². The molecule has 0 spiro atoms. The Bertz CT molecular complexity index is 1340. The number of nitrogens with one attached hydrogen (secondary N) is 4. The Morgan fingerprint density at radius 3 is 2.35 bits per heavy atom. The van der Waals surface area contributed by atoms with Crippen LogP contribution in [0.15, 0.2) is 54.6 Å². The Labute approximate surface area is 277 Å². The summed E-state index contributed by atoms with van der Waals surface area (Å²) in [6, 6.07) is 13.5. The lowest BCUT2D eigenvalue weighted by atomic mass is 9.95. The molecule has 2 amide bonds. The number of aromatic hydroxyl groups is 1. The number of phenolic OH excluding ortho intramolecular Hbond substituents is 1. The lowest BCUT2D eigenvalue weighted by Crippen LogP contribution is -2.49. The fourth-order valence-electron chi connectivity index (χ4n) is 4.71. The molecule has 11 nitrogen and oxygen atoms in total. The van der Waals surface area contributed by atoms with E-state index in [4.69, 9.17) is 0 Å². The first-order valence-corrected chi connectivity index (χ1v) is 17.8. The van der Waals surface area contributed by atoms with Gasteiger partial charge in [0, 0.05) is 29.9 Å². The van der Waals surface area contributed by atoms with Crippen LogP contribution in [0, 0.1) is 5.92 Å². The summed E-state index contributed by atoms with van der Waals surface area (Å²) < 4.78 is 0. The Balaban J connectivity index is 1.79. The molecule has 0 bridgehead atoms. The van der Waals surface area contributed by atoms with Crippen LogP contribution in [0.5, 0.6) is 5.75 Å². The predicted molar refractivity (Wildman–Crippen MR) is 180 cm³/mol. The number of amides is 2. The zero-order valence-electron chi connectivity index (χ0n) is 25.9. The first-order valence-electron chi connectivity index (χ1n) is 15.3. The molecular weight excluding hydrogens is 629 g/mol. The van der Waals surface area contributed by atoms with Crippen molar-refractivity contribution in [2.24, 2.45) is 5.92 Å². The van der Waals surface area contributed by atoms with E-state index in [0.717, 1.165) is 5.56 Å². The van der Waals surface area contributed by atoms with Crippen molar-refractivity contribution < 1.29 is 33.9 Å². The summed E-state index contributed by atoms with van der Waals surface area (Å²) in [5.41, 5.74) is 1.24. The van der Waals surface area contributed by atoms with Crippen LogP contribution in [0.4, 0.5) is 0 Å². The maximum atomic E-state index is 13.7. The van der Waals surface area contributed by atoms with Crippen molar-refractivity contribution in [2.75, 3.05) is 37.7 Å². The van der Waals surface area contributed by atoms with E-state index < -0.39 is 23.9 Å². The molecule has 3 atom stereocenters. The summed E-state index contributed by atoms with van der Waals surface area (Å²) in [6.07, 6.45) is 1.49. The highest BCUT2D eigenvalue weighted by Crippen LogP contribution is 2.27. The maximum Gasteiger partial charge on any atom is 0.234 e. The highest BCUT2D eigenvalue weighted by Gasteiger charge is 2.29. The van der Waals surface area contributed by atoms with Crippen molar-refractivity contribution in [3.8, 4) is 5.75 Å². The summed E-state index contributed by atoms with van der Waals surface area (Å²) >= 11 is 0. The average Bonchev–Trinajstić information content (AvgIpc) is 3.03. The second kappa shape index (κ2) is 19.9. The maximum absolute atomic E-state index is 13.7. The molecular formula is C33H42N4O7S2. The van der Waals surface area contributed by atoms with Gasteiger partial charge in [-0.1, -0.05) is 64.1 Å². The van der Waals surface area contributed by atoms with Gasteiger partial charge in [0.2, 0.25) is 11.8 Å². The molecule has 0 radical (unpaired) electrons. The van der Waals surface area contributed by atoms with Crippen molar-refractivity contribution in [3.05, 3.63) is 65.7 Å². The van der Waals surface area contributed by atoms with E-state index in [-0.39, 0.29) is 85.2 Å². The Kier molecular flexibility index (Phi) is 16.0. The van der Waals surface area contributed by atoms with Crippen LogP contribution in [-0.2, 0) is 30.4 Å². The Hall–Kier alpha value is -3.52. The molecule has 0 saturated carbocycles. The molecule has 2 aromatic carbocycles. The van der Waals surface area contributed by atoms with Gasteiger partial charge in [0.25, 0.3) is 0 Å². The van der Waals surface area contributed by atoms with Crippen LogP contribution in [0.25, 0.3) is 0 Å². The summed E-state index contributed by atoms with van der Waals surface area (Å²) in [5, 5.41) is 21.2. The van der Waals surface area contributed by atoms with Crippen LogP contribution in [-0.4, -0.2) is 89.8 Å². The lowest BCUT2D eigenvalue weighted by molar-refractivity contribution is -0.129. The molecule has 46 heavy (non-hydrogen) atoms. The van der Waals surface area contributed by atoms with Crippen LogP contribution in [0.2, 0.25) is 0 Å². The number of benzene rings is 2. The summed E-state index contributed by atoms with van der Waals surface area (Å²) in [5.74, 6) is -1.78. The normalized spacial score (nSPS) is 20.9. The van der Waals surface area contributed by atoms with Gasteiger partial charge in [0.15, 0.2) is 17.3 Å². The lowest BCUT2D eigenvalue weighted by Gasteiger charge is -2.23. The standard InChI is InChI=1S/C33H42N4O7S2/c1-22(38)17-35-18-31(42)28-21-46-45-20-25(16-30(41)24-7-3-2-4-8-24)33(44)37-27(15-23-10-12-26(39)13-11-23)29(40)9-5-6-14-34-19-32(43)36-28/h2-4,7-8,10-13,25,27-28,34-35,39H,5-6,9,14-21H2,1H3,(H,36,43)(H,37,44)/t25?,27-,28?/m0/s1. The molecule has 3 rings (SSSR count). The van der Waals surface area contributed by atoms with Crippen LogP contribution in [0.1, 0.15) is 48.5 Å². The van der Waals surface area contributed by atoms with E-state index in [1.165, 1.54) is 40.6 Å². The number of hydrogen-bond acceptors (Lipinski definition) is 11. The van der Waals surface area contributed by atoms with Crippen molar-refractivity contribution >= 4 is 56.5 Å². The molecule has 1 saturated heterocycles. The third-order valence-corrected chi connectivity index (χ3v) is 9.77. The molecule has 0 aliphatic carbocycles. The fourth-order valence-corrected chi connectivity index (χ4v) is 7.22. The molecule has 1 aliphatic heterocycles. The van der Waals surface area contributed by atoms with Gasteiger partial charge in [-0.3, -0.25) is 28.8 Å². The van der Waals surface area contributed by atoms with Crippen LogP contribution >= 0.6 is 21.6 Å². The molecule has 1 fully saturated rings. The monoisotopic (exact) mass is 670 g/mol. The van der Waals surface area contributed by atoms with Crippen molar-refractivity contribution in [2.45, 2.75) is 51.1 Å². The number of Topliss-reactive ketones (excluding diaryl/α,β-unsaturated/α-hetero) is 4. The first kappa shape index (κ1) is 36.9. The van der Waals surface area contributed by atoms with E-state index in [1.54, 1.807) is 42.5 Å². The van der Waals surface area contributed by atoms with Crippen molar-refractivity contribution in [1.29, 1.82) is 0 Å². The van der Waals surface area contributed by atoms with Crippen molar-refractivity contribution in [3.63, 3.8) is 0 Å². The van der Waals surface area contributed by atoms with E-state index >= 15 is 0 Å². The Morgan fingerprint density at radius 2 is 1.63 bits per heavy atom. The third kappa shape index (κ3) is 13.5. The van der Waals surface area contributed by atoms with E-state index in [1.807, 2.05) is 0 Å². The van der Waals surface area contributed by atoms with E-state index in [2.05, 4.69) is 21.3 Å². The van der Waals surface area contributed by atoms with E-state index in [0.29, 0.717) is 24.9 Å². The molecule has 1 heterocycles. The minimum absolute atomic E-state index is 0.000380. The molecule has 0 aromatic heterocycles. The minimum Gasteiger partial charge on any atom is -0.508 e. The Morgan fingerprint density at radius 1 is 0.913 bits per heavy atom. The molecule has 2 aromatic rings. The van der Waals surface area contributed by atoms with Gasteiger partial charge < -0.3 is 26.4 Å². The van der Waals surface area contributed by atoms with Gasteiger partial charge in [-0.2, -0.15) is 0 Å². The zero-order chi connectivity index (χ0) is 33.3. The molecule has 248 valence electrons. The number of hydrogen-bond donors (Lipinski definition) is 5. The second-order valence-corrected chi connectivity index (χ2v) is 13.7. The van der Waals surface area contributed by atoms with Gasteiger partial charge in [-0.05, 0) is 50.4 Å². The number of phenols is 1. The third-order valence-electron chi connectivity index (χ3n) is 7.28. The number of rotatable bonds is 10. The average molecular weight is 671 g/mol. The number of carbonyl (C=O) groups excluding carboxylic acids is 6. The molecule has 2 unspecified atom stereocenters. The van der Waals surface area contributed by atoms with E-state index in [9.17, 15) is 33.9 Å². The van der Waals surface area contributed by atoms with Crippen molar-refractivity contribution in [1.82, 2.24) is 21.3 Å². The van der Waals surface area contributed by atoms with Gasteiger partial charge in [0.05, 0.1) is 37.6 Å². The first-order chi connectivity index (χ1) is 22.1. The molecule has 13 heteroatoms. The quantitative estimate of drug-likeness (QED) is 0.186. The topological polar surface area (TPSA) is 171 Å². The smallest absolute Gasteiger partial charge is 0.234 e. The summed E-state index contributed by atoms with van der Waals surface area (Å²) in [4.78, 5) is 77.1. The van der Waals surface area contributed by atoms with Gasteiger partial charge in [0.1, 0.15) is 11.5 Å². The predicted octanol–water partition coefficient (Wildman–Crippen LogP) is 2.27. The van der Waals surface area contributed by atoms with Crippen LogP contribution < -0.4 is 21.3 Å². The van der Waals surface area contributed by atoms with Gasteiger partial charge >= 0.3 is 0 Å². The van der Waals surface area contributed by atoms with Gasteiger partial charge in [-0.25, -0.2) is 0 Å². The highest BCUT2D eigenvalue weighted by molar-refractivity contribution is 8.76. The highest BCUT2D eigenvalue weighted by atomic mass is 33.1. The zero-order valence-corrected chi connectivity index (χ0v) is 27.6. The number of ketones is 4. The fraction of sp³-hybridized carbons (Fsp3) is 0.455. The molecule has 1 aliphatic rings. The largest absolute Gasteiger partial charge is 0.508 e. The summed E-state index contributed by atoms with van der Waals surface area (Å²) in [7, 11) is 2.59. The number of carbonyl (C=O) groups is 6. The van der Waals surface area contributed by atoms with Crippen LogP contribution in [0.3, 0.4) is 0 Å². The minimum atomic E-state index is -0.828. The SMILES string of the molecule is CC(=O)CNCC(=O)C1CSSCC(CC(=O)c2ccccc2)C(=O)N[C@@H](Cc2ccc(O)cc2)C(=O)CCCCNCC(=O)N1. The second-order valence-electron chi connectivity index (χ2n) is 11.2.